The zero-order valence-corrected chi connectivity index (χ0v) is 18.8. The fourth-order valence-corrected chi connectivity index (χ4v) is 4.69. The number of amides is 2. The first-order valence-corrected chi connectivity index (χ1v) is 11.3. The van der Waals surface area contributed by atoms with Gasteiger partial charge in [-0.15, -0.1) is 0 Å². The van der Waals surface area contributed by atoms with E-state index in [0.29, 0.717) is 34.9 Å². The van der Waals surface area contributed by atoms with Gasteiger partial charge in [-0.2, -0.15) is 13.2 Å². The van der Waals surface area contributed by atoms with Gasteiger partial charge in [0.25, 0.3) is 5.91 Å². The van der Waals surface area contributed by atoms with Crippen LogP contribution >= 0.6 is 0 Å². The van der Waals surface area contributed by atoms with E-state index in [-0.39, 0.29) is 31.6 Å². The molecule has 0 saturated carbocycles. The maximum absolute atomic E-state index is 12.8. The molecule has 3 aliphatic heterocycles. The van der Waals surface area contributed by atoms with Gasteiger partial charge in [-0.05, 0) is 42.8 Å². The van der Waals surface area contributed by atoms with Crippen molar-refractivity contribution < 1.29 is 46.8 Å². The zero-order valence-electron chi connectivity index (χ0n) is 18.8. The number of fused-ring (bicyclic) bond motifs is 4. The molecule has 2 amide bonds. The Kier molecular flexibility index (Phi) is 6.39. The minimum atomic E-state index is -4.51. The van der Waals surface area contributed by atoms with Gasteiger partial charge < -0.3 is 34.7 Å². The Morgan fingerprint density at radius 1 is 1.06 bits per heavy atom. The number of hydrogen-bond acceptors (Lipinski definition) is 7. The number of hydrogen-bond donors (Lipinski definition) is 3. The summed E-state index contributed by atoms with van der Waals surface area (Å²) in [6.07, 6.45) is -6.50. The lowest BCUT2D eigenvalue weighted by atomic mass is 9.84. The Hall–Kier alpha value is -3.51. The van der Waals surface area contributed by atoms with Crippen LogP contribution in [-0.4, -0.2) is 61.4 Å². The van der Waals surface area contributed by atoms with E-state index in [2.05, 4.69) is 5.32 Å². The number of benzene rings is 2. The molecule has 0 radical (unpaired) electrons. The van der Waals surface area contributed by atoms with E-state index in [1.54, 1.807) is 36.4 Å². The molecule has 1 fully saturated rings. The molecule has 192 valence electrons. The van der Waals surface area contributed by atoms with Crippen molar-refractivity contribution in [1.29, 1.82) is 0 Å². The molecule has 1 saturated heterocycles. The monoisotopic (exact) mass is 508 g/mol. The van der Waals surface area contributed by atoms with Gasteiger partial charge in [0.2, 0.25) is 12.7 Å². The maximum atomic E-state index is 12.8. The number of nitrogens with one attached hydrogen (secondary N) is 2. The van der Waals surface area contributed by atoms with Gasteiger partial charge in [0, 0.05) is 22.7 Å². The van der Waals surface area contributed by atoms with Gasteiger partial charge in [-0.3, -0.25) is 9.59 Å². The molecule has 0 spiro atoms. The van der Waals surface area contributed by atoms with Crippen LogP contribution < -0.4 is 24.8 Å². The van der Waals surface area contributed by atoms with Gasteiger partial charge >= 0.3 is 6.18 Å². The Morgan fingerprint density at radius 2 is 1.83 bits per heavy atom. The van der Waals surface area contributed by atoms with E-state index < -0.39 is 36.9 Å². The minimum absolute atomic E-state index is 0.0946. The molecule has 5 rings (SSSR count). The van der Waals surface area contributed by atoms with Crippen molar-refractivity contribution in [2.24, 2.45) is 0 Å². The second kappa shape index (κ2) is 9.51. The van der Waals surface area contributed by atoms with Gasteiger partial charge in [-0.1, -0.05) is 0 Å². The first kappa shape index (κ1) is 24.2. The zero-order chi connectivity index (χ0) is 25.4. The third kappa shape index (κ3) is 5.05. The number of halogens is 3. The van der Waals surface area contributed by atoms with E-state index >= 15 is 0 Å². The maximum Gasteiger partial charge on any atom is 0.405 e. The third-order valence-electron chi connectivity index (χ3n) is 6.29. The fourth-order valence-electron chi connectivity index (χ4n) is 4.69. The number of ether oxygens (including phenoxy) is 4. The molecule has 0 aliphatic carbocycles. The molecule has 2 aromatic rings. The largest absolute Gasteiger partial charge is 0.487 e. The Morgan fingerprint density at radius 3 is 2.61 bits per heavy atom. The van der Waals surface area contributed by atoms with E-state index in [4.69, 9.17) is 18.9 Å². The van der Waals surface area contributed by atoms with Crippen molar-refractivity contribution in [2.45, 2.75) is 43.2 Å². The van der Waals surface area contributed by atoms with Gasteiger partial charge in [0.05, 0.1) is 19.1 Å². The van der Waals surface area contributed by atoms with Gasteiger partial charge in [0.1, 0.15) is 24.5 Å². The molecule has 2 aromatic carbocycles. The Bertz CT molecular complexity index is 1170. The van der Waals surface area contributed by atoms with Gasteiger partial charge in [0.15, 0.2) is 11.5 Å². The van der Waals surface area contributed by atoms with Crippen LogP contribution in [0.3, 0.4) is 0 Å². The highest BCUT2D eigenvalue weighted by Crippen LogP contribution is 2.47. The summed E-state index contributed by atoms with van der Waals surface area (Å²) in [6.45, 7) is -1.72. The summed E-state index contributed by atoms with van der Waals surface area (Å²) >= 11 is 0. The summed E-state index contributed by atoms with van der Waals surface area (Å²) in [5.74, 6) is 0.158. The van der Waals surface area contributed by atoms with Crippen LogP contribution in [0.1, 0.15) is 34.7 Å². The molecule has 0 bridgehead atoms. The van der Waals surface area contributed by atoms with Crippen LogP contribution in [0.25, 0.3) is 0 Å². The predicted molar refractivity (Wildman–Crippen MR) is 118 cm³/mol. The van der Waals surface area contributed by atoms with E-state index in [0.717, 1.165) is 5.56 Å². The lowest BCUT2D eigenvalue weighted by Crippen LogP contribution is -2.47. The van der Waals surface area contributed by atoms with Crippen molar-refractivity contribution >= 4 is 17.5 Å². The summed E-state index contributed by atoms with van der Waals surface area (Å²) in [6, 6.07) is 9.99. The highest BCUT2D eigenvalue weighted by molar-refractivity contribution is 6.04. The van der Waals surface area contributed by atoms with Crippen LogP contribution in [-0.2, 0) is 9.53 Å². The Balaban J connectivity index is 1.29. The standard InChI is InChI=1S/C24H23F3N2O7/c25-24(26,27)10-28-21(31)8-14-7-16-15-6-13(2-4-17(15)36-22(16)20(9-30)35-14)29-23(32)12-1-3-18-19(5-12)34-11-33-18/h1-6,14,16,20,22,30H,7-11H2,(H,28,31)(H,29,32)/t14-,16-,20-,22+/m0/s1. The molecule has 3 heterocycles. The molecular weight excluding hydrogens is 485 g/mol. The number of alkyl halides is 3. The average molecular weight is 508 g/mol. The van der Waals surface area contributed by atoms with Crippen molar-refractivity contribution in [1.82, 2.24) is 5.32 Å². The number of carbonyl (C=O) groups excluding carboxylic acids is 2. The molecule has 3 aliphatic rings. The van der Waals surface area contributed by atoms with Crippen molar-refractivity contribution in [3.8, 4) is 17.2 Å². The normalized spacial score (nSPS) is 23.9. The summed E-state index contributed by atoms with van der Waals surface area (Å²) in [4.78, 5) is 24.8. The van der Waals surface area contributed by atoms with Crippen molar-refractivity contribution in [2.75, 3.05) is 25.3 Å². The number of anilines is 1. The van der Waals surface area contributed by atoms with E-state index in [1.807, 2.05) is 5.32 Å². The summed E-state index contributed by atoms with van der Waals surface area (Å²) in [5, 5.41) is 14.5. The van der Waals surface area contributed by atoms with Crippen LogP contribution in [0, 0.1) is 0 Å². The molecular formula is C24H23F3N2O7. The highest BCUT2D eigenvalue weighted by Gasteiger charge is 2.46. The molecule has 4 atom stereocenters. The first-order valence-electron chi connectivity index (χ1n) is 11.3. The van der Waals surface area contributed by atoms with Crippen LogP contribution in [0.5, 0.6) is 17.2 Å². The number of aliphatic hydroxyl groups excluding tert-OH is 1. The minimum Gasteiger partial charge on any atom is -0.487 e. The number of aliphatic hydroxyl groups is 1. The molecule has 9 nitrogen and oxygen atoms in total. The number of rotatable bonds is 6. The molecule has 12 heteroatoms. The van der Waals surface area contributed by atoms with Crippen molar-refractivity contribution in [3.05, 3.63) is 47.5 Å². The second-order valence-electron chi connectivity index (χ2n) is 8.77. The SMILES string of the molecule is O=C(C[C@@H]1C[C@H]2c3cc(NC(=O)c4ccc5c(c4)OCO5)ccc3O[C@H]2[C@H](CO)O1)NCC(F)(F)F. The summed E-state index contributed by atoms with van der Waals surface area (Å²) < 4.78 is 59.5. The average Bonchev–Trinajstić information content (AvgIpc) is 3.46. The topological polar surface area (TPSA) is 115 Å². The highest BCUT2D eigenvalue weighted by atomic mass is 19.4. The molecule has 0 unspecified atom stereocenters. The lowest BCUT2D eigenvalue weighted by Gasteiger charge is -2.37. The van der Waals surface area contributed by atoms with E-state index in [1.165, 1.54) is 0 Å². The summed E-state index contributed by atoms with van der Waals surface area (Å²) in [7, 11) is 0. The second-order valence-corrected chi connectivity index (χ2v) is 8.77. The number of carbonyl (C=O) groups is 2. The lowest BCUT2D eigenvalue weighted by molar-refractivity contribution is -0.149. The van der Waals surface area contributed by atoms with Crippen LogP contribution in [0.15, 0.2) is 36.4 Å². The van der Waals surface area contributed by atoms with Crippen molar-refractivity contribution in [3.63, 3.8) is 0 Å². The fraction of sp³-hybridized carbons (Fsp3) is 0.417. The van der Waals surface area contributed by atoms with E-state index in [9.17, 15) is 27.9 Å². The van der Waals surface area contributed by atoms with Crippen LogP contribution in [0.2, 0.25) is 0 Å². The molecule has 3 N–H and O–H groups in total. The quantitative estimate of drug-likeness (QED) is 0.550. The molecule has 36 heavy (non-hydrogen) atoms. The first-order chi connectivity index (χ1) is 17.2. The van der Waals surface area contributed by atoms with Crippen LogP contribution in [0.4, 0.5) is 18.9 Å². The molecule has 0 aromatic heterocycles. The van der Waals surface area contributed by atoms with Gasteiger partial charge in [-0.25, -0.2) is 0 Å². The summed E-state index contributed by atoms with van der Waals surface area (Å²) in [5.41, 5.74) is 1.64. The Labute approximate surface area is 203 Å². The predicted octanol–water partition coefficient (Wildman–Crippen LogP) is 2.73. The third-order valence-corrected chi connectivity index (χ3v) is 6.29. The smallest absolute Gasteiger partial charge is 0.405 e.